The molecule has 110 valence electrons. The van der Waals surface area contributed by atoms with Crippen molar-refractivity contribution in [2.45, 2.75) is 13.3 Å². The Kier molecular flexibility index (Phi) is 5.16. The summed E-state index contributed by atoms with van der Waals surface area (Å²) in [4.78, 5) is 16.0. The van der Waals surface area contributed by atoms with Gasteiger partial charge in [-0.05, 0) is 46.6 Å². The smallest absolute Gasteiger partial charge is 0.228 e. The molecule has 0 fully saturated rings. The fraction of sp³-hybridized carbons (Fsp3) is 0.200. The molecule has 1 amide bonds. The summed E-state index contributed by atoms with van der Waals surface area (Å²) in [5, 5.41) is 2.76. The Balaban J connectivity index is 1.84. The Hall–Kier alpha value is -2.08. The molecule has 0 unspecified atom stereocenters. The molecule has 0 spiro atoms. The number of nitrogens with zero attached hydrogens (tertiary/aromatic N) is 1. The standard InChI is InChI=1S/C15H16BrN3O2/c1-10-8-11(16)9-18-15(10)19-14(20)6-7-21-13-5-3-2-4-12(13)17/h2-5,8-9H,6-7,17H2,1H3,(H,18,19,20). The van der Waals surface area contributed by atoms with Gasteiger partial charge in [-0.3, -0.25) is 4.79 Å². The van der Waals surface area contributed by atoms with E-state index in [-0.39, 0.29) is 18.9 Å². The maximum atomic E-state index is 11.9. The van der Waals surface area contributed by atoms with Crippen LogP contribution in [0.15, 0.2) is 41.0 Å². The first-order chi connectivity index (χ1) is 10.1. The van der Waals surface area contributed by atoms with E-state index in [0.717, 1.165) is 10.0 Å². The van der Waals surface area contributed by atoms with Gasteiger partial charge in [0.2, 0.25) is 5.91 Å². The second-order valence-corrected chi connectivity index (χ2v) is 5.42. The van der Waals surface area contributed by atoms with Crippen molar-refractivity contribution in [3.05, 3.63) is 46.6 Å². The average Bonchev–Trinajstić information content (AvgIpc) is 2.44. The van der Waals surface area contributed by atoms with Gasteiger partial charge in [-0.1, -0.05) is 12.1 Å². The number of rotatable bonds is 5. The molecule has 0 aliphatic carbocycles. The fourth-order valence-electron chi connectivity index (χ4n) is 1.73. The molecule has 1 aromatic heterocycles. The van der Waals surface area contributed by atoms with E-state index in [1.54, 1.807) is 18.3 Å². The van der Waals surface area contributed by atoms with Crippen LogP contribution in [0.1, 0.15) is 12.0 Å². The molecule has 5 nitrogen and oxygen atoms in total. The number of ether oxygens (including phenoxy) is 1. The number of carbonyl (C=O) groups is 1. The minimum Gasteiger partial charge on any atom is -0.491 e. The Morgan fingerprint density at radius 2 is 2.19 bits per heavy atom. The Labute approximate surface area is 131 Å². The first-order valence-electron chi connectivity index (χ1n) is 6.45. The number of nitrogen functional groups attached to an aromatic ring is 1. The summed E-state index contributed by atoms with van der Waals surface area (Å²) >= 11 is 3.33. The van der Waals surface area contributed by atoms with E-state index < -0.39 is 0 Å². The Morgan fingerprint density at radius 1 is 1.43 bits per heavy atom. The van der Waals surface area contributed by atoms with Gasteiger partial charge in [-0.2, -0.15) is 0 Å². The molecule has 21 heavy (non-hydrogen) atoms. The molecule has 0 radical (unpaired) electrons. The van der Waals surface area contributed by atoms with E-state index in [0.29, 0.717) is 17.3 Å². The molecular formula is C15H16BrN3O2. The van der Waals surface area contributed by atoms with Crippen molar-refractivity contribution >= 4 is 33.3 Å². The number of para-hydroxylation sites is 2. The largest absolute Gasteiger partial charge is 0.491 e. The zero-order valence-corrected chi connectivity index (χ0v) is 13.2. The van der Waals surface area contributed by atoms with E-state index in [4.69, 9.17) is 10.5 Å². The number of hydrogen-bond acceptors (Lipinski definition) is 4. The first kappa shape index (κ1) is 15.3. The highest BCUT2D eigenvalue weighted by molar-refractivity contribution is 9.10. The number of aromatic nitrogens is 1. The second-order valence-electron chi connectivity index (χ2n) is 4.50. The number of benzene rings is 1. The maximum absolute atomic E-state index is 11.9. The number of nitrogens with two attached hydrogens (primary N) is 1. The molecule has 0 aliphatic rings. The van der Waals surface area contributed by atoms with Gasteiger partial charge < -0.3 is 15.8 Å². The molecular weight excluding hydrogens is 334 g/mol. The van der Waals surface area contributed by atoms with Gasteiger partial charge in [-0.25, -0.2) is 4.98 Å². The van der Waals surface area contributed by atoms with Crippen LogP contribution in [-0.2, 0) is 4.79 Å². The molecule has 0 saturated carbocycles. The Bertz CT molecular complexity index is 647. The molecule has 6 heteroatoms. The van der Waals surface area contributed by atoms with Gasteiger partial charge in [0, 0.05) is 10.7 Å². The lowest BCUT2D eigenvalue weighted by molar-refractivity contribution is -0.116. The van der Waals surface area contributed by atoms with Crippen LogP contribution in [-0.4, -0.2) is 17.5 Å². The second kappa shape index (κ2) is 7.08. The topological polar surface area (TPSA) is 77.2 Å². The van der Waals surface area contributed by atoms with Crippen LogP contribution in [0.4, 0.5) is 11.5 Å². The molecule has 2 aromatic rings. The fourth-order valence-corrected chi connectivity index (χ4v) is 2.18. The summed E-state index contributed by atoms with van der Waals surface area (Å²) in [6.45, 7) is 2.14. The van der Waals surface area contributed by atoms with Crippen LogP contribution in [0.25, 0.3) is 0 Å². The van der Waals surface area contributed by atoms with E-state index in [9.17, 15) is 4.79 Å². The van der Waals surface area contributed by atoms with Gasteiger partial charge in [0.05, 0.1) is 18.7 Å². The number of anilines is 2. The van der Waals surface area contributed by atoms with E-state index in [2.05, 4.69) is 26.2 Å². The third-order valence-electron chi connectivity index (χ3n) is 2.81. The predicted octanol–water partition coefficient (Wildman–Crippen LogP) is 3.14. The summed E-state index contributed by atoms with van der Waals surface area (Å²) in [7, 11) is 0. The third-order valence-corrected chi connectivity index (χ3v) is 3.24. The third kappa shape index (κ3) is 4.46. The van der Waals surface area contributed by atoms with Gasteiger partial charge in [0.1, 0.15) is 11.6 Å². The van der Waals surface area contributed by atoms with E-state index in [1.165, 1.54) is 0 Å². The molecule has 0 aliphatic heterocycles. The maximum Gasteiger partial charge on any atom is 0.228 e. The summed E-state index contributed by atoms with van der Waals surface area (Å²) in [6, 6.07) is 9.08. The number of aryl methyl sites for hydroxylation is 1. The Morgan fingerprint density at radius 3 is 2.90 bits per heavy atom. The van der Waals surface area contributed by atoms with Crippen molar-refractivity contribution in [3.8, 4) is 5.75 Å². The number of carbonyl (C=O) groups excluding carboxylic acids is 1. The lowest BCUT2D eigenvalue weighted by Crippen LogP contribution is -2.16. The highest BCUT2D eigenvalue weighted by Gasteiger charge is 2.07. The lowest BCUT2D eigenvalue weighted by atomic mass is 10.3. The number of halogens is 1. The average molecular weight is 350 g/mol. The monoisotopic (exact) mass is 349 g/mol. The van der Waals surface area contributed by atoms with Crippen molar-refractivity contribution in [1.82, 2.24) is 4.98 Å². The molecule has 1 aromatic carbocycles. The molecule has 2 rings (SSSR count). The summed E-state index contributed by atoms with van der Waals surface area (Å²) in [5.74, 6) is 0.994. The quantitative estimate of drug-likeness (QED) is 0.813. The number of amides is 1. The number of nitrogens with one attached hydrogen (secondary N) is 1. The molecule has 3 N–H and O–H groups in total. The highest BCUT2D eigenvalue weighted by atomic mass is 79.9. The molecule has 0 saturated heterocycles. The van der Waals surface area contributed by atoms with Crippen LogP contribution in [0.3, 0.4) is 0 Å². The van der Waals surface area contributed by atoms with E-state index in [1.807, 2.05) is 25.1 Å². The molecule has 0 bridgehead atoms. The molecule has 1 heterocycles. The first-order valence-corrected chi connectivity index (χ1v) is 7.25. The normalized spacial score (nSPS) is 10.2. The zero-order chi connectivity index (χ0) is 15.2. The zero-order valence-electron chi connectivity index (χ0n) is 11.6. The summed E-state index contributed by atoms with van der Waals surface area (Å²) < 4.78 is 6.36. The summed E-state index contributed by atoms with van der Waals surface area (Å²) in [6.07, 6.45) is 1.87. The minimum atomic E-state index is -0.151. The van der Waals surface area contributed by atoms with E-state index >= 15 is 0 Å². The van der Waals surface area contributed by atoms with Crippen molar-refractivity contribution in [1.29, 1.82) is 0 Å². The number of hydrogen-bond donors (Lipinski definition) is 2. The van der Waals surface area contributed by atoms with Gasteiger partial charge in [0.15, 0.2) is 0 Å². The SMILES string of the molecule is Cc1cc(Br)cnc1NC(=O)CCOc1ccccc1N. The predicted molar refractivity (Wildman–Crippen MR) is 86.3 cm³/mol. The van der Waals surface area contributed by atoms with Gasteiger partial charge in [0.25, 0.3) is 0 Å². The highest BCUT2D eigenvalue weighted by Crippen LogP contribution is 2.20. The van der Waals surface area contributed by atoms with Crippen molar-refractivity contribution in [3.63, 3.8) is 0 Å². The lowest BCUT2D eigenvalue weighted by Gasteiger charge is -2.10. The van der Waals surface area contributed by atoms with Crippen LogP contribution in [0.2, 0.25) is 0 Å². The van der Waals surface area contributed by atoms with Gasteiger partial charge in [-0.15, -0.1) is 0 Å². The van der Waals surface area contributed by atoms with Crippen molar-refractivity contribution < 1.29 is 9.53 Å². The van der Waals surface area contributed by atoms with Crippen molar-refractivity contribution in [2.75, 3.05) is 17.7 Å². The minimum absolute atomic E-state index is 0.151. The van der Waals surface area contributed by atoms with Crippen LogP contribution in [0, 0.1) is 6.92 Å². The number of pyridine rings is 1. The van der Waals surface area contributed by atoms with Crippen molar-refractivity contribution in [2.24, 2.45) is 0 Å². The van der Waals surface area contributed by atoms with Crippen LogP contribution in [0.5, 0.6) is 5.75 Å². The summed E-state index contributed by atoms with van der Waals surface area (Å²) in [5.41, 5.74) is 7.21. The van der Waals surface area contributed by atoms with Crippen LogP contribution >= 0.6 is 15.9 Å². The molecule has 0 atom stereocenters. The van der Waals surface area contributed by atoms with Crippen LogP contribution < -0.4 is 15.8 Å². The van der Waals surface area contributed by atoms with Gasteiger partial charge >= 0.3 is 0 Å².